The van der Waals surface area contributed by atoms with E-state index in [0.717, 1.165) is 51.4 Å². The molecule has 0 bridgehead atoms. The largest absolute Gasteiger partial charge is 0.393 e. The smallest absolute Gasteiger partial charge is 0.134 e. The molecule has 0 aromatic rings. The Morgan fingerprint density at radius 3 is 2.00 bits per heavy atom. The summed E-state index contributed by atoms with van der Waals surface area (Å²) >= 11 is 0. The molecule has 4 nitrogen and oxygen atoms in total. The van der Waals surface area contributed by atoms with Crippen LogP contribution in [0, 0.1) is 64.1 Å². The molecule has 0 radical (unpaired) electrons. The van der Waals surface area contributed by atoms with Gasteiger partial charge in [-0.25, -0.2) is 0 Å². The highest BCUT2D eigenvalue weighted by atomic mass is 16.3. The number of aliphatic hydroxyl groups excluding tert-OH is 2. The van der Waals surface area contributed by atoms with Crippen LogP contribution < -0.4 is 0 Å². The average Bonchev–Trinajstić information content (AvgIpc) is 3.00. The summed E-state index contributed by atoms with van der Waals surface area (Å²) in [7, 11) is 0. The molecule has 0 saturated heterocycles. The predicted octanol–water partition coefficient (Wildman–Crippen LogP) is 4.78. The number of fused-ring (bicyclic) bond motifs is 5. The summed E-state index contributed by atoms with van der Waals surface area (Å²) < 4.78 is 0. The molecular weight excluding hydrogens is 424 g/mol. The molecule has 4 N–H and O–H groups in total. The van der Waals surface area contributed by atoms with Crippen LogP contribution in [0.4, 0.5) is 0 Å². The fraction of sp³-hybridized carbons (Fsp3) is 0.933. The molecule has 0 amide bonds. The summed E-state index contributed by atoms with van der Waals surface area (Å²) in [4.78, 5) is 0. The molecule has 4 fully saturated rings. The van der Waals surface area contributed by atoms with Crippen LogP contribution in [-0.4, -0.2) is 44.3 Å². The minimum Gasteiger partial charge on any atom is -0.393 e. The molecule has 7 unspecified atom stereocenters. The molecule has 4 saturated carbocycles. The standard InChI is InChI=1S/C30H50O4/c1-7-20-22(9-3)30(34)18-19(32)12-15-27(30,5)24-13-16-28(6)26(25(20)24)21(8-2)23(10-4)29(28,33)14-11-17-31/h19-26,31-34H,7-10,12-13,15-18H2,1-6H3/t19?,20?,21?,22?,23?,24-,25-,26+,27-,28+,29?,30?/m1/s1. The first-order valence-electron chi connectivity index (χ1n) is 14.3. The lowest BCUT2D eigenvalue weighted by Crippen LogP contribution is -2.70. The van der Waals surface area contributed by atoms with Gasteiger partial charge in [0.25, 0.3) is 0 Å². The van der Waals surface area contributed by atoms with Crippen molar-refractivity contribution in [1.29, 1.82) is 0 Å². The summed E-state index contributed by atoms with van der Waals surface area (Å²) in [5.41, 5.74) is -2.43. The third kappa shape index (κ3) is 3.19. The topological polar surface area (TPSA) is 80.9 Å². The van der Waals surface area contributed by atoms with Crippen molar-refractivity contribution in [2.45, 2.75) is 117 Å². The molecule has 4 aliphatic carbocycles. The highest BCUT2D eigenvalue weighted by Crippen LogP contribution is 2.74. The Morgan fingerprint density at radius 1 is 0.824 bits per heavy atom. The molecule has 4 heteroatoms. The van der Waals surface area contributed by atoms with E-state index in [1.807, 2.05) is 0 Å². The molecule has 12 atom stereocenters. The van der Waals surface area contributed by atoms with E-state index >= 15 is 0 Å². The minimum atomic E-state index is -1.09. The van der Waals surface area contributed by atoms with Crippen LogP contribution in [0.15, 0.2) is 0 Å². The van der Waals surface area contributed by atoms with Gasteiger partial charge in [-0.1, -0.05) is 72.6 Å². The van der Waals surface area contributed by atoms with Gasteiger partial charge in [0.15, 0.2) is 0 Å². The summed E-state index contributed by atoms with van der Waals surface area (Å²) in [6.45, 7) is 13.4. The third-order valence-electron chi connectivity index (χ3n) is 12.1. The number of rotatable bonds is 4. The van der Waals surface area contributed by atoms with Crippen LogP contribution in [0.3, 0.4) is 0 Å². The lowest BCUT2D eigenvalue weighted by atomic mass is 9.37. The SMILES string of the molecule is CCC1C(CC)C2(O)CC(O)CC[C@]2(C)[C@@H]2CC[C@@]3(C)[C@@H](C(CC)C(CC)C3(O)C#CCO)[C@H]12. The van der Waals surface area contributed by atoms with E-state index in [9.17, 15) is 20.4 Å². The zero-order valence-electron chi connectivity index (χ0n) is 22.5. The quantitative estimate of drug-likeness (QED) is 0.442. The van der Waals surface area contributed by atoms with E-state index in [-0.39, 0.29) is 29.3 Å². The molecule has 0 aliphatic heterocycles. The van der Waals surface area contributed by atoms with Crippen molar-refractivity contribution in [3.63, 3.8) is 0 Å². The zero-order chi connectivity index (χ0) is 25.1. The van der Waals surface area contributed by atoms with E-state index in [0.29, 0.717) is 36.0 Å². The summed E-state index contributed by atoms with van der Waals surface area (Å²) in [6, 6.07) is 0. The van der Waals surface area contributed by atoms with Gasteiger partial charge >= 0.3 is 0 Å². The molecule has 0 aromatic carbocycles. The monoisotopic (exact) mass is 474 g/mol. The lowest BCUT2D eigenvalue weighted by molar-refractivity contribution is -0.273. The summed E-state index contributed by atoms with van der Waals surface area (Å²) in [5, 5.41) is 44.9. The number of hydrogen-bond donors (Lipinski definition) is 4. The second kappa shape index (κ2) is 9.05. The molecule has 4 rings (SSSR count). The third-order valence-corrected chi connectivity index (χ3v) is 12.1. The Labute approximate surface area is 207 Å². The van der Waals surface area contributed by atoms with E-state index in [4.69, 9.17) is 0 Å². The van der Waals surface area contributed by atoms with Crippen molar-refractivity contribution in [1.82, 2.24) is 0 Å². The minimum absolute atomic E-state index is 0.102. The van der Waals surface area contributed by atoms with Gasteiger partial charge in [-0.2, -0.15) is 0 Å². The number of aliphatic hydroxyl groups is 4. The van der Waals surface area contributed by atoms with Gasteiger partial charge in [0, 0.05) is 17.8 Å². The molecule has 34 heavy (non-hydrogen) atoms. The fourth-order valence-electron chi connectivity index (χ4n) is 10.8. The Hall–Kier alpha value is -0.600. The molecule has 194 valence electrons. The van der Waals surface area contributed by atoms with Gasteiger partial charge in [0.05, 0.1) is 11.7 Å². The van der Waals surface area contributed by atoms with Gasteiger partial charge in [-0.3, -0.25) is 0 Å². The van der Waals surface area contributed by atoms with Gasteiger partial charge in [-0.05, 0) is 73.0 Å². The van der Waals surface area contributed by atoms with E-state index in [1.165, 1.54) is 0 Å². The first kappa shape index (κ1) is 26.5. The van der Waals surface area contributed by atoms with E-state index in [2.05, 4.69) is 53.4 Å². The van der Waals surface area contributed by atoms with Gasteiger partial charge < -0.3 is 20.4 Å². The Balaban J connectivity index is 1.90. The van der Waals surface area contributed by atoms with Crippen LogP contribution in [-0.2, 0) is 0 Å². The Bertz CT molecular complexity index is 816. The Morgan fingerprint density at radius 2 is 1.44 bits per heavy atom. The number of hydrogen-bond acceptors (Lipinski definition) is 4. The van der Waals surface area contributed by atoms with Gasteiger partial charge in [0.2, 0.25) is 0 Å². The average molecular weight is 475 g/mol. The van der Waals surface area contributed by atoms with Crippen LogP contribution in [0.5, 0.6) is 0 Å². The maximum Gasteiger partial charge on any atom is 0.134 e. The first-order chi connectivity index (χ1) is 16.0. The highest BCUT2D eigenvalue weighted by Gasteiger charge is 2.74. The fourth-order valence-corrected chi connectivity index (χ4v) is 10.8. The zero-order valence-corrected chi connectivity index (χ0v) is 22.5. The van der Waals surface area contributed by atoms with Crippen molar-refractivity contribution < 1.29 is 20.4 Å². The molecule has 0 aromatic heterocycles. The molecule has 0 heterocycles. The normalized spacial score (nSPS) is 54.4. The van der Waals surface area contributed by atoms with Crippen LogP contribution in [0.1, 0.15) is 99.3 Å². The second-order valence-electron chi connectivity index (χ2n) is 12.8. The molecule has 4 aliphatic rings. The van der Waals surface area contributed by atoms with Crippen LogP contribution >= 0.6 is 0 Å². The van der Waals surface area contributed by atoms with E-state index in [1.54, 1.807) is 0 Å². The van der Waals surface area contributed by atoms with Gasteiger partial charge in [0.1, 0.15) is 12.2 Å². The summed E-state index contributed by atoms with van der Waals surface area (Å²) in [5.74, 6) is 8.31. The molecule has 0 spiro atoms. The van der Waals surface area contributed by atoms with Crippen molar-refractivity contribution in [2.75, 3.05) is 6.61 Å². The van der Waals surface area contributed by atoms with Crippen molar-refractivity contribution in [3.8, 4) is 11.8 Å². The van der Waals surface area contributed by atoms with Crippen molar-refractivity contribution in [3.05, 3.63) is 0 Å². The van der Waals surface area contributed by atoms with Crippen LogP contribution in [0.2, 0.25) is 0 Å². The van der Waals surface area contributed by atoms with Crippen molar-refractivity contribution in [2.24, 2.45) is 52.3 Å². The van der Waals surface area contributed by atoms with Crippen LogP contribution in [0.25, 0.3) is 0 Å². The first-order valence-corrected chi connectivity index (χ1v) is 14.3. The maximum absolute atomic E-state index is 12.4. The Kier molecular flexibility index (Phi) is 7.05. The maximum atomic E-state index is 12.4. The van der Waals surface area contributed by atoms with Crippen molar-refractivity contribution >= 4 is 0 Å². The highest BCUT2D eigenvalue weighted by molar-refractivity contribution is 5.31. The predicted molar refractivity (Wildman–Crippen MR) is 136 cm³/mol. The lowest BCUT2D eigenvalue weighted by Gasteiger charge is -2.69. The summed E-state index contributed by atoms with van der Waals surface area (Å²) in [6.07, 6.45) is 7.51. The molecular formula is C30H50O4. The van der Waals surface area contributed by atoms with Gasteiger partial charge in [-0.15, -0.1) is 0 Å². The van der Waals surface area contributed by atoms with E-state index < -0.39 is 17.3 Å². The second-order valence-corrected chi connectivity index (χ2v) is 12.8.